The minimum absolute atomic E-state index is 0.279. The van der Waals surface area contributed by atoms with Crippen LogP contribution in [0.5, 0.6) is 0 Å². The van der Waals surface area contributed by atoms with Crippen molar-refractivity contribution in [2.75, 3.05) is 20.1 Å². The molecule has 4 heteroatoms. The lowest BCUT2D eigenvalue weighted by Gasteiger charge is -2.35. The zero-order valence-electron chi connectivity index (χ0n) is 13.7. The van der Waals surface area contributed by atoms with Gasteiger partial charge in [0.1, 0.15) is 5.54 Å². The van der Waals surface area contributed by atoms with Crippen LogP contribution in [0.15, 0.2) is 0 Å². The van der Waals surface area contributed by atoms with Gasteiger partial charge >= 0.3 is 5.97 Å². The average Bonchev–Trinajstić information content (AvgIpc) is 2.90. The molecule has 0 heterocycles. The molecule has 2 aliphatic carbocycles. The van der Waals surface area contributed by atoms with E-state index in [2.05, 4.69) is 17.3 Å². The largest absolute Gasteiger partial charge is 0.480 e. The summed E-state index contributed by atoms with van der Waals surface area (Å²) in [5.74, 6) is -0.367. The van der Waals surface area contributed by atoms with E-state index < -0.39 is 11.5 Å². The van der Waals surface area contributed by atoms with Gasteiger partial charge < -0.3 is 15.3 Å². The van der Waals surface area contributed by atoms with Crippen LogP contribution in [0.1, 0.15) is 64.7 Å². The van der Waals surface area contributed by atoms with E-state index in [9.17, 15) is 9.90 Å². The first-order chi connectivity index (χ1) is 10.1. The van der Waals surface area contributed by atoms with Crippen molar-refractivity contribution in [3.05, 3.63) is 0 Å². The molecule has 0 spiro atoms. The summed E-state index contributed by atoms with van der Waals surface area (Å²) in [7, 11) is 2.22. The highest BCUT2D eigenvalue weighted by Crippen LogP contribution is 2.38. The number of nitrogens with zero attached hydrogens (tertiary/aromatic N) is 1. The Balaban J connectivity index is 1.89. The molecule has 2 atom stereocenters. The highest BCUT2D eigenvalue weighted by Gasteiger charge is 2.48. The Morgan fingerprint density at radius 1 is 1.24 bits per heavy atom. The second-order valence-corrected chi connectivity index (χ2v) is 6.96. The van der Waals surface area contributed by atoms with Gasteiger partial charge in [0, 0.05) is 6.04 Å². The van der Waals surface area contributed by atoms with Crippen molar-refractivity contribution in [2.45, 2.75) is 76.3 Å². The van der Waals surface area contributed by atoms with Crippen molar-refractivity contribution in [3.8, 4) is 0 Å². The van der Waals surface area contributed by atoms with Crippen molar-refractivity contribution in [1.29, 1.82) is 0 Å². The summed E-state index contributed by atoms with van der Waals surface area (Å²) in [5, 5.41) is 13.0. The highest BCUT2D eigenvalue weighted by molar-refractivity contribution is 5.79. The molecule has 2 aliphatic rings. The van der Waals surface area contributed by atoms with Crippen LogP contribution in [0.2, 0.25) is 0 Å². The van der Waals surface area contributed by atoms with E-state index in [1.165, 1.54) is 32.1 Å². The predicted octanol–water partition coefficient (Wildman–Crippen LogP) is 2.87. The maximum absolute atomic E-state index is 11.8. The molecular weight excluding hydrogens is 264 g/mol. The Hall–Kier alpha value is -0.610. The third kappa shape index (κ3) is 3.78. The fourth-order valence-corrected chi connectivity index (χ4v) is 4.44. The van der Waals surface area contributed by atoms with E-state index in [1.54, 1.807) is 0 Å². The Kier molecular flexibility index (Phi) is 6.06. The Morgan fingerprint density at radius 3 is 2.57 bits per heavy atom. The van der Waals surface area contributed by atoms with E-state index in [4.69, 9.17) is 0 Å². The Morgan fingerprint density at radius 2 is 1.95 bits per heavy atom. The SMILES string of the molecule is CCNC1(C(=O)O)CCCC1CCN(C)C1CCCCC1. The molecule has 0 radical (unpaired) electrons. The van der Waals surface area contributed by atoms with E-state index in [0.29, 0.717) is 0 Å². The van der Waals surface area contributed by atoms with Crippen molar-refractivity contribution >= 4 is 5.97 Å². The molecule has 0 aliphatic heterocycles. The van der Waals surface area contributed by atoms with E-state index in [1.807, 2.05) is 6.92 Å². The lowest BCUT2D eigenvalue weighted by Crippen LogP contribution is -2.55. The van der Waals surface area contributed by atoms with Crippen molar-refractivity contribution < 1.29 is 9.90 Å². The molecule has 0 aromatic heterocycles. The summed E-state index contributed by atoms with van der Waals surface area (Å²) < 4.78 is 0. The predicted molar refractivity (Wildman–Crippen MR) is 85.5 cm³/mol. The number of aliphatic carboxylic acids is 1. The van der Waals surface area contributed by atoms with Gasteiger partial charge in [0.25, 0.3) is 0 Å². The molecule has 0 aromatic carbocycles. The van der Waals surface area contributed by atoms with Crippen molar-refractivity contribution in [2.24, 2.45) is 5.92 Å². The maximum atomic E-state index is 11.8. The molecule has 2 unspecified atom stereocenters. The number of hydrogen-bond donors (Lipinski definition) is 2. The number of carboxylic acid groups (broad SMARTS) is 1. The minimum atomic E-state index is -0.665. The standard InChI is InChI=1S/C17H32N2O2/c1-3-18-17(16(20)21)12-7-8-14(17)11-13-19(2)15-9-5-4-6-10-15/h14-15,18H,3-13H2,1-2H3,(H,20,21). The van der Waals surface area contributed by atoms with Gasteiger partial charge in [0.05, 0.1) is 0 Å². The topological polar surface area (TPSA) is 52.6 Å². The molecule has 0 bridgehead atoms. The van der Waals surface area contributed by atoms with Gasteiger partial charge in [-0.2, -0.15) is 0 Å². The number of hydrogen-bond acceptors (Lipinski definition) is 3. The van der Waals surface area contributed by atoms with Gasteiger partial charge in [-0.25, -0.2) is 0 Å². The monoisotopic (exact) mass is 296 g/mol. The maximum Gasteiger partial charge on any atom is 0.324 e. The first kappa shape index (κ1) is 16.8. The van der Waals surface area contributed by atoms with E-state index in [0.717, 1.165) is 44.8 Å². The summed E-state index contributed by atoms with van der Waals surface area (Å²) in [5.41, 5.74) is -0.665. The smallest absolute Gasteiger partial charge is 0.324 e. The minimum Gasteiger partial charge on any atom is -0.480 e. The fourth-order valence-electron chi connectivity index (χ4n) is 4.44. The van der Waals surface area contributed by atoms with Gasteiger partial charge in [-0.3, -0.25) is 4.79 Å². The molecule has 0 saturated heterocycles. The molecule has 0 aromatic rings. The second-order valence-electron chi connectivity index (χ2n) is 6.96. The molecule has 2 N–H and O–H groups in total. The molecule has 0 amide bonds. The normalized spacial score (nSPS) is 30.9. The van der Waals surface area contributed by atoms with Crippen LogP contribution < -0.4 is 5.32 Å². The number of rotatable bonds is 7. The lowest BCUT2D eigenvalue weighted by molar-refractivity contribution is -0.146. The van der Waals surface area contributed by atoms with Crippen LogP contribution in [0.4, 0.5) is 0 Å². The lowest BCUT2D eigenvalue weighted by atomic mass is 9.84. The molecule has 2 fully saturated rings. The molecule has 4 nitrogen and oxygen atoms in total. The number of carbonyl (C=O) groups is 1. The molecule has 122 valence electrons. The quantitative estimate of drug-likeness (QED) is 0.758. The second kappa shape index (κ2) is 7.59. The van der Waals surface area contributed by atoms with Crippen LogP contribution in [-0.2, 0) is 4.79 Å². The zero-order valence-corrected chi connectivity index (χ0v) is 13.7. The first-order valence-electron chi connectivity index (χ1n) is 8.79. The van der Waals surface area contributed by atoms with Crippen LogP contribution >= 0.6 is 0 Å². The average molecular weight is 296 g/mol. The summed E-state index contributed by atoms with van der Waals surface area (Å²) in [4.78, 5) is 14.3. The molecule has 2 rings (SSSR count). The van der Waals surface area contributed by atoms with Crippen LogP contribution in [0.25, 0.3) is 0 Å². The van der Waals surface area contributed by atoms with E-state index in [-0.39, 0.29) is 5.92 Å². The first-order valence-corrected chi connectivity index (χ1v) is 8.79. The highest BCUT2D eigenvalue weighted by atomic mass is 16.4. The summed E-state index contributed by atoms with van der Waals surface area (Å²) in [6.07, 6.45) is 10.6. The molecule has 2 saturated carbocycles. The van der Waals surface area contributed by atoms with Crippen LogP contribution in [-0.4, -0.2) is 47.7 Å². The number of carboxylic acids is 1. The third-order valence-corrected chi connectivity index (χ3v) is 5.72. The third-order valence-electron chi connectivity index (χ3n) is 5.72. The van der Waals surface area contributed by atoms with Crippen molar-refractivity contribution in [1.82, 2.24) is 10.2 Å². The van der Waals surface area contributed by atoms with Gasteiger partial charge in [0.2, 0.25) is 0 Å². The van der Waals surface area contributed by atoms with Crippen LogP contribution in [0.3, 0.4) is 0 Å². The summed E-state index contributed by atoms with van der Waals surface area (Å²) in [6, 6.07) is 0.721. The molecule has 21 heavy (non-hydrogen) atoms. The van der Waals surface area contributed by atoms with Crippen molar-refractivity contribution in [3.63, 3.8) is 0 Å². The van der Waals surface area contributed by atoms with Gasteiger partial charge in [-0.15, -0.1) is 0 Å². The van der Waals surface area contributed by atoms with Gasteiger partial charge in [-0.05, 0) is 58.2 Å². The van der Waals surface area contributed by atoms with Crippen LogP contribution in [0, 0.1) is 5.92 Å². The Labute approximate surface area is 129 Å². The number of likely N-dealkylation sites (N-methyl/N-ethyl adjacent to an activating group) is 1. The Bertz CT molecular complexity index is 342. The van der Waals surface area contributed by atoms with Gasteiger partial charge in [-0.1, -0.05) is 32.6 Å². The summed E-state index contributed by atoms with van der Waals surface area (Å²) in [6.45, 7) is 3.78. The molecular formula is C17H32N2O2. The van der Waals surface area contributed by atoms with E-state index >= 15 is 0 Å². The zero-order chi connectivity index (χ0) is 15.3. The fraction of sp³-hybridized carbons (Fsp3) is 0.941. The number of nitrogens with one attached hydrogen (secondary N) is 1. The van der Waals surface area contributed by atoms with Gasteiger partial charge in [0.15, 0.2) is 0 Å². The summed E-state index contributed by atoms with van der Waals surface area (Å²) >= 11 is 0.